The van der Waals surface area contributed by atoms with E-state index < -0.39 is 5.60 Å². The fourth-order valence-electron chi connectivity index (χ4n) is 2.61. The number of ketones is 1. The smallest absolute Gasteiger partial charge is 0.202 e. The molecular formula is C15H24O2. The molecule has 17 heavy (non-hydrogen) atoms. The molecule has 0 amide bonds. The Morgan fingerprint density at radius 2 is 1.71 bits per heavy atom. The molecule has 1 atom stereocenters. The molecule has 2 nitrogen and oxygen atoms in total. The summed E-state index contributed by atoms with van der Waals surface area (Å²) >= 11 is 0. The number of aliphatic hydroxyl groups is 1. The molecule has 0 aromatic carbocycles. The zero-order chi connectivity index (χ0) is 13.1. The molecule has 1 fully saturated rings. The molecule has 1 rings (SSSR count). The lowest BCUT2D eigenvalue weighted by Crippen LogP contribution is -2.49. The summed E-state index contributed by atoms with van der Waals surface area (Å²) in [7, 11) is 0. The summed E-state index contributed by atoms with van der Waals surface area (Å²) < 4.78 is 0. The van der Waals surface area contributed by atoms with Crippen molar-refractivity contribution in [2.45, 2.75) is 65.4 Å². The highest BCUT2D eigenvalue weighted by Gasteiger charge is 2.45. The molecule has 1 unspecified atom stereocenters. The molecule has 0 radical (unpaired) electrons. The first-order valence-corrected chi connectivity index (χ1v) is 6.53. The van der Waals surface area contributed by atoms with Gasteiger partial charge in [0, 0.05) is 12.3 Å². The van der Waals surface area contributed by atoms with Gasteiger partial charge in [0.15, 0.2) is 0 Å². The zero-order valence-electron chi connectivity index (χ0n) is 11.5. The van der Waals surface area contributed by atoms with Gasteiger partial charge in [-0.05, 0) is 24.7 Å². The summed E-state index contributed by atoms with van der Waals surface area (Å²) in [5.74, 6) is 5.43. The van der Waals surface area contributed by atoms with Crippen LogP contribution in [0.2, 0.25) is 0 Å². The minimum atomic E-state index is -1.04. The van der Waals surface area contributed by atoms with E-state index in [4.69, 9.17) is 0 Å². The van der Waals surface area contributed by atoms with Gasteiger partial charge >= 0.3 is 0 Å². The number of carbonyl (C=O) groups is 1. The number of carbonyl (C=O) groups excluding carboxylic acids is 1. The highest BCUT2D eigenvalue weighted by Crippen LogP contribution is 2.42. The summed E-state index contributed by atoms with van der Waals surface area (Å²) in [6, 6.07) is 0. The Kier molecular flexibility index (Phi) is 4.38. The molecule has 0 bridgehead atoms. The quantitative estimate of drug-likeness (QED) is 0.561. The Morgan fingerprint density at radius 1 is 1.18 bits per heavy atom. The maximum absolute atomic E-state index is 11.0. The lowest BCUT2D eigenvalue weighted by Gasteiger charge is -2.43. The van der Waals surface area contributed by atoms with E-state index in [1.807, 2.05) is 20.8 Å². The van der Waals surface area contributed by atoms with Crippen LogP contribution in [0.3, 0.4) is 0 Å². The van der Waals surface area contributed by atoms with Gasteiger partial charge in [-0.15, -0.1) is 0 Å². The molecule has 2 heteroatoms. The van der Waals surface area contributed by atoms with E-state index in [0.29, 0.717) is 0 Å². The van der Waals surface area contributed by atoms with Gasteiger partial charge in [-0.2, -0.15) is 0 Å². The predicted molar refractivity (Wildman–Crippen MR) is 69.4 cm³/mol. The van der Waals surface area contributed by atoms with Gasteiger partial charge in [-0.3, -0.25) is 4.79 Å². The van der Waals surface area contributed by atoms with Gasteiger partial charge in [0.05, 0.1) is 0 Å². The summed E-state index contributed by atoms with van der Waals surface area (Å²) in [5.41, 5.74) is -1.36. The van der Waals surface area contributed by atoms with E-state index in [0.717, 1.165) is 25.7 Å². The molecule has 1 saturated carbocycles. The van der Waals surface area contributed by atoms with Crippen LogP contribution >= 0.6 is 0 Å². The van der Waals surface area contributed by atoms with E-state index in [-0.39, 0.29) is 17.1 Å². The lowest BCUT2D eigenvalue weighted by atomic mass is 9.65. The fraction of sp³-hybridized carbons (Fsp3) is 0.800. The largest absolute Gasteiger partial charge is 0.377 e. The first-order valence-electron chi connectivity index (χ1n) is 6.53. The maximum Gasteiger partial charge on any atom is 0.202 e. The highest BCUT2D eigenvalue weighted by molar-refractivity contribution is 5.93. The molecule has 0 aromatic rings. The van der Waals surface area contributed by atoms with Gasteiger partial charge in [0.1, 0.15) is 5.60 Å². The second kappa shape index (κ2) is 5.23. The third-order valence-electron chi connectivity index (χ3n) is 3.77. The van der Waals surface area contributed by atoms with Crippen molar-refractivity contribution in [1.29, 1.82) is 0 Å². The molecule has 1 N–H and O–H groups in total. The van der Waals surface area contributed by atoms with Crippen molar-refractivity contribution in [2.75, 3.05) is 0 Å². The standard InChI is InChI=1S/C15H24O2/c1-12(16)10-11-15(17,14(2,3)4)13-8-6-5-7-9-13/h13,17H,5-9H2,1-4H3. The Morgan fingerprint density at radius 3 is 2.12 bits per heavy atom. The minimum Gasteiger partial charge on any atom is -0.377 e. The predicted octanol–water partition coefficient (Wildman–Crippen LogP) is 2.94. The van der Waals surface area contributed by atoms with Gasteiger partial charge in [-0.1, -0.05) is 46.0 Å². The Bertz CT molecular complexity index is 334. The second-order valence-corrected chi connectivity index (χ2v) is 6.16. The van der Waals surface area contributed by atoms with Crippen LogP contribution in [0.15, 0.2) is 0 Å². The van der Waals surface area contributed by atoms with Gasteiger partial charge in [0.25, 0.3) is 0 Å². The summed E-state index contributed by atoms with van der Waals surface area (Å²) in [5, 5.41) is 10.9. The number of rotatable bonds is 1. The van der Waals surface area contributed by atoms with Crippen molar-refractivity contribution in [3.8, 4) is 11.8 Å². The van der Waals surface area contributed by atoms with Crippen molar-refractivity contribution >= 4 is 5.78 Å². The van der Waals surface area contributed by atoms with E-state index in [1.54, 1.807) is 0 Å². The Balaban J connectivity index is 3.02. The zero-order valence-corrected chi connectivity index (χ0v) is 11.5. The molecule has 1 aliphatic rings. The molecule has 96 valence electrons. The summed E-state index contributed by atoms with van der Waals surface area (Å²) in [6.07, 6.45) is 5.59. The van der Waals surface area contributed by atoms with Gasteiger partial charge < -0.3 is 5.11 Å². The van der Waals surface area contributed by atoms with Crippen LogP contribution in [-0.2, 0) is 4.79 Å². The fourth-order valence-corrected chi connectivity index (χ4v) is 2.61. The Labute approximate surface area is 105 Å². The van der Waals surface area contributed by atoms with Crippen LogP contribution < -0.4 is 0 Å². The van der Waals surface area contributed by atoms with Crippen LogP contribution in [0.25, 0.3) is 0 Å². The van der Waals surface area contributed by atoms with Crippen molar-refractivity contribution in [1.82, 2.24) is 0 Å². The van der Waals surface area contributed by atoms with Gasteiger partial charge in [-0.25, -0.2) is 0 Å². The molecule has 0 heterocycles. The van der Waals surface area contributed by atoms with E-state index >= 15 is 0 Å². The first kappa shape index (κ1) is 14.3. The lowest BCUT2D eigenvalue weighted by molar-refractivity contribution is -0.112. The van der Waals surface area contributed by atoms with Crippen LogP contribution in [0.1, 0.15) is 59.8 Å². The molecular weight excluding hydrogens is 212 g/mol. The third-order valence-corrected chi connectivity index (χ3v) is 3.77. The number of hydrogen-bond donors (Lipinski definition) is 1. The number of hydrogen-bond acceptors (Lipinski definition) is 2. The van der Waals surface area contributed by atoms with Crippen LogP contribution in [-0.4, -0.2) is 16.5 Å². The summed E-state index contributed by atoms with van der Waals surface area (Å²) in [6.45, 7) is 7.43. The van der Waals surface area contributed by atoms with Crippen molar-refractivity contribution in [3.05, 3.63) is 0 Å². The molecule has 0 spiro atoms. The van der Waals surface area contributed by atoms with E-state index in [1.165, 1.54) is 13.3 Å². The average molecular weight is 236 g/mol. The van der Waals surface area contributed by atoms with Crippen LogP contribution in [0.5, 0.6) is 0 Å². The van der Waals surface area contributed by atoms with Crippen molar-refractivity contribution < 1.29 is 9.90 Å². The second-order valence-electron chi connectivity index (χ2n) is 6.16. The minimum absolute atomic E-state index is 0.177. The van der Waals surface area contributed by atoms with Crippen LogP contribution in [0, 0.1) is 23.2 Å². The van der Waals surface area contributed by atoms with Crippen LogP contribution in [0.4, 0.5) is 0 Å². The normalized spacial score (nSPS) is 21.2. The maximum atomic E-state index is 11.0. The average Bonchev–Trinajstić information content (AvgIpc) is 2.25. The molecule has 0 aromatic heterocycles. The molecule has 1 aliphatic carbocycles. The first-order chi connectivity index (χ1) is 7.77. The van der Waals surface area contributed by atoms with E-state index in [9.17, 15) is 9.90 Å². The molecule has 0 saturated heterocycles. The highest BCUT2D eigenvalue weighted by atomic mass is 16.3. The number of Topliss-reactive ketones (excluding diaryl/α,β-unsaturated/α-hetero) is 1. The van der Waals surface area contributed by atoms with E-state index in [2.05, 4.69) is 11.8 Å². The third kappa shape index (κ3) is 3.33. The van der Waals surface area contributed by atoms with Gasteiger partial charge in [0.2, 0.25) is 5.78 Å². The van der Waals surface area contributed by atoms with Crippen molar-refractivity contribution in [3.63, 3.8) is 0 Å². The SMILES string of the molecule is CC(=O)C#CC(O)(C1CCCCC1)C(C)(C)C. The molecule has 0 aliphatic heterocycles. The topological polar surface area (TPSA) is 37.3 Å². The van der Waals surface area contributed by atoms with Crippen molar-refractivity contribution in [2.24, 2.45) is 11.3 Å². The Hall–Kier alpha value is -0.810. The summed E-state index contributed by atoms with van der Waals surface area (Å²) in [4.78, 5) is 11.0. The monoisotopic (exact) mass is 236 g/mol.